The molecule has 2 N–H and O–H groups in total. The zero-order valence-corrected chi connectivity index (χ0v) is 11.8. The highest BCUT2D eigenvalue weighted by Crippen LogP contribution is 2.32. The molecule has 0 amide bonds. The number of hydrogen-bond acceptors (Lipinski definition) is 2. The summed E-state index contributed by atoms with van der Waals surface area (Å²) in [6.07, 6.45) is 6.85. The lowest BCUT2D eigenvalue weighted by molar-refractivity contribution is 0.0765. The molecule has 0 aromatic heterocycles. The minimum absolute atomic E-state index is 0.451. The topological polar surface area (TPSA) is 29.3 Å². The van der Waals surface area contributed by atoms with Crippen molar-refractivity contribution in [2.45, 2.75) is 44.7 Å². The van der Waals surface area contributed by atoms with E-state index >= 15 is 0 Å². The highest BCUT2D eigenvalue weighted by molar-refractivity contribution is 5.14. The van der Waals surface area contributed by atoms with Crippen LogP contribution in [0.5, 0.6) is 0 Å². The number of benzene rings is 1. The van der Waals surface area contributed by atoms with Crippen molar-refractivity contribution in [1.29, 1.82) is 0 Å². The first kappa shape index (κ1) is 13.1. The first-order chi connectivity index (χ1) is 9.33. The molecule has 2 aliphatic rings. The molecule has 1 aromatic carbocycles. The maximum Gasteiger partial charge on any atom is 0.0233 e. The third kappa shape index (κ3) is 3.18. The zero-order chi connectivity index (χ0) is 13.1. The molecule has 2 heteroatoms. The maximum absolute atomic E-state index is 6.48. The highest BCUT2D eigenvalue weighted by Gasteiger charge is 2.34. The number of nitrogens with zero attached hydrogens (tertiary/aromatic N) is 1. The molecule has 104 valence electrons. The predicted molar refractivity (Wildman–Crippen MR) is 79.8 cm³/mol. The predicted octanol–water partition coefficient (Wildman–Crippen LogP) is 3.03. The monoisotopic (exact) mass is 258 g/mol. The molecule has 2 nitrogen and oxygen atoms in total. The second-order valence-corrected chi connectivity index (χ2v) is 6.42. The van der Waals surface area contributed by atoms with Gasteiger partial charge in [-0.15, -0.1) is 0 Å². The van der Waals surface area contributed by atoms with Gasteiger partial charge in [0, 0.05) is 25.7 Å². The SMILES string of the molecule is NC1[C@H]2CCCCC[C@H]1CN(Cc1ccccc1)C2. The molecule has 1 aromatic rings. The molecule has 1 saturated heterocycles. The van der Waals surface area contributed by atoms with Crippen LogP contribution in [-0.4, -0.2) is 24.0 Å². The fourth-order valence-electron chi connectivity index (χ4n) is 3.89. The third-order valence-electron chi connectivity index (χ3n) is 4.97. The van der Waals surface area contributed by atoms with Crippen molar-refractivity contribution in [3.8, 4) is 0 Å². The molecule has 1 saturated carbocycles. The Morgan fingerprint density at radius 1 is 0.947 bits per heavy atom. The lowest BCUT2D eigenvalue weighted by Gasteiger charge is -2.44. The Balaban J connectivity index is 1.67. The fourth-order valence-corrected chi connectivity index (χ4v) is 3.89. The van der Waals surface area contributed by atoms with Gasteiger partial charge in [0.1, 0.15) is 0 Å². The van der Waals surface area contributed by atoms with E-state index in [1.165, 1.54) is 50.8 Å². The van der Waals surface area contributed by atoms with E-state index in [0.29, 0.717) is 6.04 Å². The van der Waals surface area contributed by atoms with Gasteiger partial charge < -0.3 is 5.73 Å². The normalized spacial score (nSPS) is 32.6. The van der Waals surface area contributed by atoms with Crippen molar-refractivity contribution in [2.75, 3.05) is 13.1 Å². The van der Waals surface area contributed by atoms with Crippen molar-refractivity contribution in [2.24, 2.45) is 17.6 Å². The molecule has 3 rings (SSSR count). The largest absolute Gasteiger partial charge is 0.327 e. The summed E-state index contributed by atoms with van der Waals surface area (Å²) >= 11 is 0. The van der Waals surface area contributed by atoms with Crippen LogP contribution < -0.4 is 5.73 Å². The molecule has 0 spiro atoms. The average Bonchev–Trinajstić information content (AvgIpc) is 2.43. The van der Waals surface area contributed by atoms with Crippen molar-refractivity contribution in [1.82, 2.24) is 4.90 Å². The summed E-state index contributed by atoms with van der Waals surface area (Å²) in [7, 11) is 0. The third-order valence-corrected chi connectivity index (χ3v) is 4.97. The van der Waals surface area contributed by atoms with Gasteiger partial charge in [-0.3, -0.25) is 4.90 Å². The van der Waals surface area contributed by atoms with Crippen molar-refractivity contribution in [3.05, 3.63) is 35.9 Å². The van der Waals surface area contributed by atoms with Gasteiger partial charge in [-0.05, 0) is 30.2 Å². The standard InChI is InChI=1S/C17H26N2/c18-17-15-9-5-2-6-10-16(17)13-19(12-15)11-14-7-3-1-4-8-14/h1,3-4,7-8,15-17H,2,5-6,9-13,18H2/t15-,16-/m0/s1. The summed E-state index contributed by atoms with van der Waals surface area (Å²) in [5.41, 5.74) is 7.92. The van der Waals surface area contributed by atoms with Gasteiger partial charge in [-0.2, -0.15) is 0 Å². The quantitative estimate of drug-likeness (QED) is 0.883. The lowest BCUT2D eigenvalue weighted by Crippen LogP contribution is -2.53. The van der Waals surface area contributed by atoms with E-state index in [0.717, 1.165) is 18.4 Å². The van der Waals surface area contributed by atoms with Crippen LogP contribution in [-0.2, 0) is 6.54 Å². The van der Waals surface area contributed by atoms with E-state index < -0.39 is 0 Å². The van der Waals surface area contributed by atoms with E-state index in [-0.39, 0.29) is 0 Å². The summed E-state index contributed by atoms with van der Waals surface area (Å²) in [4.78, 5) is 2.64. The molecule has 1 heterocycles. The summed E-state index contributed by atoms with van der Waals surface area (Å²) in [6, 6.07) is 11.3. The van der Waals surface area contributed by atoms with E-state index in [2.05, 4.69) is 35.2 Å². The lowest BCUT2D eigenvalue weighted by atomic mass is 9.77. The van der Waals surface area contributed by atoms with Gasteiger partial charge in [0.25, 0.3) is 0 Å². The molecule has 2 fully saturated rings. The Morgan fingerprint density at radius 2 is 1.58 bits per heavy atom. The number of fused-ring (bicyclic) bond motifs is 2. The first-order valence-electron chi connectivity index (χ1n) is 7.85. The van der Waals surface area contributed by atoms with Crippen LogP contribution >= 0.6 is 0 Å². The molecule has 0 radical (unpaired) electrons. The van der Waals surface area contributed by atoms with E-state index in [1.807, 2.05) is 0 Å². The van der Waals surface area contributed by atoms with Crippen LogP contribution in [0.1, 0.15) is 37.7 Å². The molecule has 2 bridgehead atoms. The van der Waals surface area contributed by atoms with Gasteiger partial charge >= 0.3 is 0 Å². The van der Waals surface area contributed by atoms with Crippen molar-refractivity contribution >= 4 is 0 Å². The van der Waals surface area contributed by atoms with Gasteiger partial charge in [-0.25, -0.2) is 0 Å². The number of piperidine rings is 1. The van der Waals surface area contributed by atoms with Gasteiger partial charge in [0.15, 0.2) is 0 Å². The number of hydrogen-bond donors (Lipinski definition) is 1. The summed E-state index contributed by atoms with van der Waals surface area (Å²) in [5, 5.41) is 0. The number of likely N-dealkylation sites (tertiary alicyclic amines) is 1. The fraction of sp³-hybridized carbons (Fsp3) is 0.647. The highest BCUT2D eigenvalue weighted by atomic mass is 15.1. The van der Waals surface area contributed by atoms with Gasteiger partial charge in [0.05, 0.1) is 0 Å². The Hall–Kier alpha value is -0.860. The second kappa shape index (κ2) is 6.06. The molecule has 1 aliphatic heterocycles. The van der Waals surface area contributed by atoms with E-state index in [1.54, 1.807) is 0 Å². The summed E-state index contributed by atoms with van der Waals surface area (Å²) in [5.74, 6) is 1.45. The molecule has 1 aliphatic carbocycles. The molecule has 2 atom stereocenters. The zero-order valence-electron chi connectivity index (χ0n) is 11.8. The minimum Gasteiger partial charge on any atom is -0.327 e. The number of nitrogens with two attached hydrogens (primary N) is 1. The Kier molecular flexibility index (Phi) is 4.19. The van der Waals surface area contributed by atoms with E-state index in [9.17, 15) is 0 Å². The second-order valence-electron chi connectivity index (χ2n) is 6.42. The minimum atomic E-state index is 0.451. The van der Waals surface area contributed by atoms with E-state index in [4.69, 9.17) is 5.73 Å². The average molecular weight is 258 g/mol. The Bertz CT molecular complexity index is 374. The summed E-state index contributed by atoms with van der Waals surface area (Å²) < 4.78 is 0. The van der Waals surface area contributed by atoms with Crippen LogP contribution in [0.4, 0.5) is 0 Å². The molecular formula is C17H26N2. The Labute approximate surface area is 117 Å². The smallest absolute Gasteiger partial charge is 0.0233 e. The van der Waals surface area contributed by atoms with Crippen LogP contribution in [0.3, 0.4) is 0 Å². The van der Waals surface area contributed by atoms with Crippen LogP contribution in [0.15, 0.2) is 30.3 Å². The van der Waals surface area contributed by atoms with Crippen LogP contribution in [0.2, 0.25) is 0 Å². The first-order valence-corrected chi connectivity index (χ1v) is 7.85. The molecule has 0 unspecified atom stereocenters. The summed E-state index contributed by atoms with van der Waals surface area (Å²) in [6.45, 7) is 3.50. The molecular weight excluding hydrogens is 232 g/mol. The Morgan fingerprint density at radius 3 is 2.21 bits per heavy atom. The van der Waals surface area contributed by atoms with Gasteiger partial charge in [-0.1, -0.05) is 49.6 Å². The van der Waals surface area contributed by atoms with Crippen LogP contribution in [0, 0.1) is 11.8 Å². The van der Waals surface area contributed by atoms with Crippen LogP contribution in [0.25, 0.3) is 0 Å². The molecule has 19 heavy (non-hydrogen) atoms. The number of rotatable bonds is 2. The van der Waals surface area contributed by atoms with Crippen molar-refractivity contribution in [3.63, 3.8) is 0 Å². The maximum atomic E-state index is 6.48. The van der Waals surface area contributed by atoms with Gasteiger partial charge in [0.2, 0.25) is 0 Å². The van der Waals surface area contributed by atoms with Crippen molar-refractivity contribution < 1.29 is 0 Å².